The largest absolute Gasteiger partial charge is 0.475 e. The summed E-state index contributed by atoms with van der Waals surface area (Å²) in [4.78, 5) is 13.7. The van der Waals surface area contributed by atoms with Crippen LogP contribution in [-0.2, 0) is 28.9 Å². The van der Waals surface area contributed by atoms with Crippen molar-refractivity contribution >= 4 is 19.7 Å². The molecule has 2 aromatic heterocycles. The highest BCUT2D eigenvalue weighted by atomic mass is 31.2. The summed E-state index contributed by atoms with van der Waals surface area (Å²) in [7, 11) is -1.43. The molecule has 0 amide bonds. The van der Waals surface area contributed by atoms with Crippen LogP contribution in [0.25, 0.3) is 11.2 Å². The van der Waals surface area contributed by atoms with Gasteiger partial charge in [0.2, 0.25) is 5.88 Å². The third-order valence-electron chi connectivity index (χ3n) is 8.51. The number of imidazole rings is 1. The highest BCUT2D eigenvalue weighted by molar-refractivity contribution is 7.45. The number of aromatic nitrogens is 4. The van der Waals surface area contributed by atoms with Crippen LogP contribution in [0.4, 0.5) is 0 Å². The Bertz CT molecular complexity index is 1550. The monoisotopic (exact) mass is 635 g/mol. The minimum atomic E-state index is -1.43. The molecule has 1 aromatic carbocycles. The molecule has 13 nitrogen and oxygen atoms in total. The second-order valence-corrected chi connectivity index (χ2v) is 12.8. The first-order valence-corrected chi connectivity index (χ1v) is 16.5. The number of rotatable bonds is 13. The van der Waals surface area contributed by atoms with Crippen LogP contribution < -0.4 is 4.74 Å². The summed E-state index contributed by atoms with van der Waals surface area (Å²) >= 11 is 0. The van der Waals surface area contributed by atoms with Crippen LogP contribution in [-0.4, -0.2) is 75.1 Å². The smallest absolute Gasteiger partial charge is 0.260 e. The number of aryl methyl sites for hydroxylation is 1. The second kappa shape index (κ2) is 14.0. The van der Waals surface area contributed by atoms with Crippen molar-refractivity contribution in [2.24, 2.45) is 0 Å². The van der Waals surface area contributed by atoms with E-state index in [9.17, 15) is 0 Å². The third-order valence-corrected chi connectivity index (χ3v) is 10.4. The predicted molar refractivity (Wildman–Crippen MR) is 162 cm³/mol. The third kappa shape index (κ3) is 6.27. The fourth-order valence-corrected chi connectivity index (χ4v) is 8.48. The van der Waals surface area contributed by atoms with E-state index in [4.69, 9.17) is 38.5 Å². The number of ether oxygens (including phenoxy) is 4. The highest BCUT2D eigenvalue weighted by Crippen LogP contribution is 2.64. The van der Waals surface area contributed by atoms with Gasteiger partial charge in [-0.05, 0) is 38.7 Å². The Morgan fingerprint density at radius 1 is 1.11 bits per heavy atom. The Morgan fingerprint density at radius 2 is 1.91 bits per heavy atom. The van der Waals surface area contributed by atoms with E-state index < -0.39 is 32.6 Å². The quantitative estimate of drug-likeness (QED) is 0.141. The molecule has 6 rings (SSSR count). The molecule has 3 saturated heterocycles. The van der Waals surface area contributed by atoms with Gasteiger partial charge in [-0.25, -0.2) is 14.6 Å². The average Bonchev–Trinajstić information content (AvgIpc) is 3.82. The van der Waals surface area contributed by atoms with Crippen LogP contribution in [0.5, 0.6) is 5.88 Å². The zero-order valence-electron chi connectivity index (χ0n) is 25.7. The molecule has 0 N–H and O–H groups in total. The van der Waals surface area contributed by atoms with Crippen LogP contribution in [0.3, 0.4) is 0 Å². The minimum absolute atomic E-state index is 0.0431. The number of nitrogens with zero attached hydrogens (tertiary/aromatic N) is 7. The number of hydrogen-bond donors (Lipinski definition) is 0. The van der Waals surface area contributed by atoms with Crippen molar-refractivity contribution < 1.29 is 28.0 Å². The van der Waals surface area contributed by atoms with Gasteiger partial charge in [-0.2, -0.15) is 15.5 Å². The Hall–Kier alpha value is -3.26. The summed E-state index contributed by atoms with van der Waals surface area (Å²) in [5.74, 6) is 0.805. The first kappa shape index (κ1) is 31.7. The zero-order valence-corrected chi connectivity index (χ0v) is 26.6. The molecule has 0 radical (unpaired) electrons. The van der Waals surface area contributed by atoms with Gasteiger partial charge in [0.1, 0.15) is 37.0 Å². The maximum Gasteiger partial charge on any atom is 0.260 e. The van der Waals surface area contributed by atoms with Crippen molar-refractivity contribution in [3.8, 4) is 18.0 Å². The van der Waals surface area contributed by atoms with E-state index >= 15 is 0 Å². The molecule has 0 bridgehead atoms. The Kier molecular flexibility index (Phi) is 9.88. The molecular formula is C31H38N7O6P. The van der Waals surface area contributed by atoms with Gasteiger partial charge in [0.15, 0.2) is 17.4 Å². The summed E-state index contributed by atoms with van der Waals surface area (Å²) < 4.78 is 42.4. The van der Waals surface area contributed by atoms with Crippen LogP contribution >= 0.6 is 8.53 Å². The lowest BCUT2D eigenvalue weighted by atomic mass is 9.87. The van der Waals surface area contributed by atoms with Gasteiger partial charge in [-0.1, -0.05) is 37.3 Å². The zero-order chi connectivity index (χ0) is 31.4. The summed E-state index contributed by atoms with van der Waals surface area (Å²) in [6.07, 6.45) is 2.83. The Morgan fingerprint density at radius 3 is 2.69 bits per heavy atom. The topological polar surface area (TPSA) is 150 Å². The van der Waals surface area contributed by atoms with Gasteiger partial charge < -0.3 is 28.0 Å². The normalized spacial score (nSPS) is 29.5. The molecule has 238 valence electrons. The molecular weight excluding hydrogens is 597 g/mol. The molecule has 45 heavy (non-hydrogen) atoms. The van der Waals surface area contributed by atoms with Crippen molar-refractivity contribution in [3.05, 3.63) is 48.0 Å². The van der Waals surface area contributed by atoms with Crippen LogP contribution in [0.15, 0.2) is 36.7 Å². The first-order valence-electron chi connectivity index (χ1n) is 15.4. The van der Waals surface area contributed by atoms with Crippen LogP contribution in [0.1, 0.15) is 63.6 Å². The van der Waals surface area contributed by atoms with Crippen molar-refractivity contribution in [3.63, 3.8) is 0 Å². The minimum Gasteiger partial charge on any atom is -0.475 e. The average molecular weight is 636 g/mol. The standard InChI is InChI=1S/C31H38N7O6P/c1-4-23-26(43-45-38-16-8-13-24(38)31(3,44-45)22-11-6-5-7-12-22)27(41-20-39-17-9-14-32)30(42-23)37-19-34-25-28(37)35-21(2)36-29(25)40-18-10-15-33/h5-7,11-12,19,23-24,26-27,30H,4,8-10,13,16-18,20H2,1-3H3/t23-,24-,26+,27?,30-,31+,45-/m1/s1. The number of nitriles is 2. The molecule has 3 aliphatic rings. The Labute approximate surface area is 263 Å². The molecule has 0 saturated carbocycles. The lowest BCUT2D eigenvalue weighted by Crippen LogP contribution is -2.37. The number of benzene rings is 1. The van der Waals surface area contributed by atoms with E-state index in [1.54, 1.807) is 13.3 Å². The maximum atomic E-state index is 8.96. The van der Waals surface area contributed by atoms with Crippen molar-refractivity contribution in [1.29, 1.82) is 10.5 Å². The second-order valence-electron chi connectivity index (χ2n) is 11.4. The van der Waals surface area contributed by atoms with Gasteiger partial charge >= 0.3 is 0 Å². The predicted octanol–water partition coefficient (Wildman–Crippen LogP) is 5.03. The first-order chi connectivity index (χ1) is 22.0. The SMILES string of the molecule is CC[C@H]1O[C@@H](n2cnc3c(OCCC#N)nc(C)nc32)C(OCOCCC#N)[C@H]1O[P@]1O[C@@](C)(c2ccccc2)[C@H]2CCCN21. The molecule has 7 atom stereocenters. The van der Waals surface area contributed by atoms with E-state index in [0.29, 0.717) is 29.3 Å². The summed E-state index contributed by atoms with van der Waals surface area (Å²) in [6, 6.07) is 14.7. The molecule has 3 fully saturated rings. The molecule has 1 unspecified atom stereocenters. The van der Waals surface area contributed by atoms with E-state index in [2.05, 4.69) is 57.7 Å². The van der Waals surface area contributed by atoms with E-state index in [1.165, 1.54) is 0 Å². The molecule has 3 aromatic rings. The molecule has 14 heteroatoms. The highest BCUT2D eigenvalue weighted by Gasteiger charge is 2.57. The molecule has 0 aliphatic carbocycles. The number of fused-ring (bicyclic) bond motifs is 2. The lowest BCUT2D eigenvalue weighted by molar-refractivity contribution is -0.135. The van der Waals surface area contributed by atoms with E-state index in [-0.39, 0.29) is 45.0 Å². The molecule has 0 spiro atoms. The summed E-state index contributed by atoms with van der Waals surface area (Å²) in [6.45, 7) is 7.29. The maximum absolute atomic E-state index is 8.96. The van der Waals surface area contributed by atoms with Gasteiger partial charge in [0.05, 0.1) is 50.1 Å². The van der Waals surface area contributed by atoms with E-state index in [1.807, 2.05) is 22.8 Å². The van der Waals surface area contributed by atoms with Crippen molar-refractivity contribution in [2.45, 2.75) is 89.1 Å². The molecule has 3 aliphatic heterocycles. The van der Waals surface area contributed by atoms with Crippen molar-refractivity contribution in [2.75, 3.05) is 26.6 Å². The fourth-order valence-electron chi connectivity index (χ4n) is 6.33. The van der Waals surface area contributed by atoms with Crippen LogP contribution in [0.2, 0.25) is 0 Å². The van der Waals surface area contributed by atoms with Crippen LogP contribution in [0, 0.1) is 29.6 Å². The van der Waals surface area contributed by atoms with Gasteiger partial charge in [0.25, 0.3) is 8.53 Å². The van der Waals surface area contributed by atoms with Gasteiger partial charge in [-0.15, -0.1) is 0 Å². The lowest BCUT2D eigenvalue weighted by Gasteiger charge is -2.29. The van der Waals surface area contributed by atoms with E-state index in [0.717, 1.165) is 24.9 Å². The van der Waals surface area contributed by atoms with Gasteiger partial charge in [-0.3, -0.25) is 4.57 Å². The summed E-state index contributed by atoms with van der Waals surface area (Å²) in [5, 5.41) is 17.9. The summed E-state index contributed by atoms with van der Waals surface area (Å²) in [5.41, 5.74) is 1.62. The number of hydrogen-bond acceptors (Lipinski definition) is 12. The Balaban J connectivity index is 1.30. The van der Waals surface area contributed by atoms with Gasteiger partial charge in [0, 0.05) is 6.54 Å². The molecule has 5 heterocycles. The van der Waals surface area contributed by atoms with Crippen molar-refractivity contribution in [1.82, 2.24) is 24.2 Å². The fraction of sp³-hybridized carbons (Fsp3) is 0.581.